The Kier molecular flexibility index (Phi) is 8.15. The van der Waals surface area contributed by atoms with Crippen molar-refractivity contribution in [2.75, 3.05) is 33.7 Å². The Morgan fingerprint density at radius 2 is 2.12 bits per heavy atom. The number of aliphatic imine (C=N–C) groups is 1. The number of aryl methyl sites for hydroxylation is 1. The van der Waals surface area contributed by atoms with Gasteiger partial charge in [-0.2, -0.15) is 0 Å². The Morgan fingerprint density at radius 3 is 2.60 bits per heavy atom. The van der Waals surface area contributed by atoms with Crippen LogP contribution >= 0.6 is 11.3 Å². The van der Waals surface area contributed by atoms with E-state index in [2.05, 4.69) is 20.7 Å². The van der Waals surface area contributed by atoms with Gasteiger partial charge in [0.1, 0.15) is 5.60 Å². The number of aromatic nitrogens is 1. The average Bonchev–Trinajstić information content (AvgIpc) is 2.90. The van der Waals surface area contributed by atoms with E-state index in [4.69, 9.17) is 4.74 Å². The molecule has 8 heteroatoms. The van der Waals surface area contributed by atoms with Crippen molar-refractivity contribution in [1.29, 1.82) is 0 Å². The lowest BCUT2D eigenvalue weighted by Gasteiger charge is -2.27. The van der Waals surface area contributed by atoms with Gasteiger partial charge in [0.05, 0.1) is 17.2 Å². The third-order valence-electron chi connectivity index (χ3n) is 3.34. The fourth-order valence-electron chi connectivity index (χ4n) is 2.19. The number of likely N-dealkylation sites (N-methyl/N-ethyl adjacent to an activating group) is 1. The van der Waals surface area contributed by atoms with E-state index in [1.165, 1.54) is 0 Å². The summed E-state index contributed by atoms with van der Waals surface area (Å²) in [6.07, 6.45) is -0.293. The van der Waals surface area contributed by atoms with Gasteiger partial charge in [-0.1, -0.05) is 0 Å². The summed E-state index contributed by atoms with van der Waals surface area (Å²) in [6.45, 7) is 12.0. The first-order chi connectivity index (χ1) is 11.7. The molecular formula is C17H31N5O2S. The second-order valence-electron chi connectivity index (χ2n) is 6.75. The quantitative estimate of drug-likeness (QED) is 0.617. The van der Waals surface area contributed by atoms with Crippen molar-refractivity contribution in [3.05, 3.63) is 16.1 Å². The molecule has 1 heterocycles. The first-order valence-corrected chi connectivity index (χ1v) is 9.35. The van der Waals surface area contributed by atoms with Gasteiger partial charge in [0.25, 0.3) is 0 Å². The molecule has 0 aliphatic carbocycles. The molecule has 0 atom stereocenters. The van der Waals surface area contributed by atoms with Gasteiger partial charge >= 0.3 is 6.09 Å². The first-order valence-electron chi connectivity index (χ1n) is 8.47. The Hall–Kier alpha value is -1.83. The normalized spacial score (nSPS) is 12.0. The molecule has 0 saturated heterocycles. The van der Waals surface area contributed by atoms with Gasteiger partial charge in [0, 0.05) is 39.1 Å². The van der Waals surface area contributed by atoms with Crippen molar-refractivity contribution in [1.82, 2.24) is 20.1 Å². The number of hydrogen-bond acceptors (Lipinski definition) is 5. The van der Waals surface area contributed by atoms with E-state index >= 15 is 0 Å². The minimum absolute atomic E-state index is 0.293. The van der Waals surface area contributed by atoms with Gasteiger partial charge in [-0.15, -0.1) is 11.3 Å². The Bertz CT molecular complexity index is 580. The summed E-state index contributed by atoms with van der Waals surface area (Å²) < 4.78 is 5.41. The van der Waals surface area contributed by atoms with Gasteiger partial charge in [-0.05, 0) is 34.6 Å². The van der Waals surface area contributed by atoms with Crippen LogP contribution in [-0.2, 0) is 11.3 Å². The standard InChI is InChI=1S/C17H31N5O2S/c1-8-22(16(23)24-17(3,4)5)10-9-19-15(18-6)21(7)11-14-12-25-13(2)20-14/h12H,8-11H2,1-7H3,(H,18,19). The Balaban J connectivity index is 2.49. The molecule has 1 aromatic heterocycles. The summed E-state index contributed by atoms with van der Waals surface area (Å²) in [5.74, 6) is 0.769. The van der Waals surface area contributed by atoms with Crippen LogP contribution in [0.25, 0.3) is 0 Å². The molecular weight excluding hydrogens is 338 g/mol. The van der Waals surface area contributed by atoms with E-state index in [-0.39, 0.29) is 6.09 Å². The molecule has 0 aliphatic heterocycles. The lowest BCUT2D eigenvalue weighted by molar-refractivity contribution is 0.0263. The number of nitrogens with one attached hydrogen (secondary N) is 1. The highest BCUT2D eigenvalue weighted by atomic mass is 32.1. The molecule has 1 aromatic rings. The minimum atomic E-state index is -0.486. The molecule has 0 saturated carbocycles. The van der Waals surface area contributed by atoms with Crippen LogP contribution in [0.4, 0.5) is 4.79 Å². The van der Waals surface area contributed by atoms with Crippen molar-refractivity contribution < 1.29 is 9.53 Å². The maximum Gasteiger partial charge on any atom is 0.410 e. The van der Waals surface area contributed by atoms with Gasteiger partial charge in [0.2, 0.25) is 0 Å². The lowest BCUT2D eigenvalue weighted by atomic mass is 10.2. The molecule has 142 valence electrons. The van der Waals surface area contributed by atoms with Gasteiger partial charge in [0.15, 0.2) is 5.96 Å². The van der Waals surface area contributed by atoms with E-state index in [9.17, 15) is 4.79 Å². The summed E-state index contributed by atoms with van der Waals surface area (Å²) in [4.78, 5) is 24.6. The summed E-state index contributed by atoms with van der Waals surface area (Å²) >= 11 is 1.64. The molecule has 0 bridgehead atoms. The topological polar surface area (TPSA) is 70.1 Å². The van der Waals surface area contributed by atoms with E-state index in [0.29, 0.717) is 26.2 Å². The third kappa shape index (κ3) is 7.72. The van der Waals surface area contributed by atoms with E-state index < -0.39 is 5.60 Å². The summed E-state index contributed by atoms with van der Waals surface area (Å²) in [5.41, 5.74) is 0.539. The number of carbonyl (C=O) groups excluding carboxylic acids is 1. The van der Waals surface area contributed by atoms with E-state index in [0.717, 1.165) is 16.7 Å². The van der Waals surface area contributed by atoms with Crippen molar-refractivity contribution >= 4 is 23.4 Å². The van der Waals surface area contributed by atoms with E-state index in [1.807, 2.05) is 46.6 Å². The second-order valence-corrected chi connectivity index (χ2v) is 7.81. The summed E-state index contributed by atoms with van der Waals surface area (Å²) in [5, 5.41) is 6.39. The molecule has 0 fully saturated rings. The highest BCUT2D eigenvalue weighted by molar-refractivity contribution is 7.09. The third-order valence-corrected chi connectivity index (χ3v) is 4.16. The zero-order valence-electron chi connectivity index (χ0n) is 16.4. The number of thiazole rings is 1. The van der Waals surface area contributed by atoms with Gasteiger partial charge in [-0.3, -0.25) is 4.99 Å². The Labute approximate surface area is 155 Å². The zero-order chi connectivity index (χ0) is 19.0. The zero-order valence-corrected chi connectivity index (χ0v) is 17.2. The molecule has 1 amide bonds. The van der Waals surface area contributed by atoms with Crippen molar-refractivity contribution in [3.63, 3.8) is 0 Å². The molecule has 1 N–H and O–H groups in total. The number of ether oxygens (including phenoxy) is 1. The first kappa shape index (κ1) is 21.2. The predicted octanol–water partition coefficient (Wildman–Crippen LogP) is 2.72. The number of amides is 1. The summed E-state index contributed by atoms with van der Waals surface area (Å²) in [7, 11) is 3.71. The molecule has 0 radical (unpaired) electrons. The van der Waals surface area contributed by atoms with Gasteiger partial charge < -0.3 is 19.9 Å². The smallest absolute Gasteiger partial charge is 0.410 e. The molecule has 1 rings (SSSR count). The average molecular weight is 370 g/mol. The second kappa shape index (κ2) is 9.60. The summed E-state index contributed by atoms with van der Waals surface area (Å²) in [6, 6.07) is 0. The highest BCUT2D eigenvalue weighted by Gasteiger charge is 2.21. The van der Waals surface area contributed by atoms with Crippen LogP contribution in [0.2, 0.25) is 0 Å². The molecule has 0 unspecified atom stereocenters. The minimum Gasteiger partial charge on any atom is -0.444 e. The molecule has 7 nitrogen and oxygen atoms in total. The molecule has 0 aliphatic rings. The fourth-order valence-corrected chi connectivity index (χ4v) is 2.79. The monoisotopic (exact) mass is 369 g/mol. The number of nitrogens with zero attached hydrogens (tertiary/aromatic N) is 4. The largest absolute Gasteiger partial charge is 0.444 e. The van der Waals surface area contributed by atoms with E-state index in [1.54, 1.807) is 23.3 Å². The molecule has 0 spiro atoms. The number of rotatable bonds is 6. The van der Waals surface area contributed by atoms with Crippen molar-refractivity contribution in [2.24, 2.45) is 4.99 Å². The maximum absolute atomic E-state index is 12.1. The van der Waals surface area contributed by atoms with Crippen LogP contribution in [0.5, 0.6) is 0 Å². The predicted molar refractivity (Wildman–Crippen MR) is 103 cm³/mol. The number of carbonyl (C=O) groups is 1. The van der Waals surface area contributed by atoms with Crippen LogP contribution in [-0.4, -0.2) is 66.2 Å². The fraction of sp³-hybridized carbons (Fsp3) is 0.706. The van der Waals surface area contributed by atoms with Crippen LogP contribution in [0, 0.1) is 6.92 Å². The van der Waals surface area contributed by atoms with Crippen LogP contribution < -0.4 is 5.32 Å². The lowest BCUT2D eigenvalue weighted by Crippen LogP contribution is -2.44. The van der Waals surface area contributed by atoms with Crippen LogP contribution in [0.1, 0.15) is 38.4 Å². The van der Waals surface area contributed by atoms with Crippen molar-refractivity contribution in [2.45, 2.75) is 46.8 Å². The Morgan fingerprint density at radius 1 is 1.44 bits per heavy atom. The molecule has 0 aromatic carbocycles. The van der Waals surface area contributed by atoms with Crippen molar-refractivity contribution in [3.8, 4) is 0 Å². The van der Waals surface area contributed by atoms with Gasteiger partial charge in [-0.25, -0.2) is 9.78 Å². The number of hydrogen-bond donors (Lipinski definition) is 1. The highest BCUT2D eigenvalue weighted by Crippen LogP contribution is 2.10. The number of guanidine groups is 1. The van der Waals surface area contributed by atoms with Crippen LogP contribution in [0.3, 0.4) is 0 Å². The maximum atomic E-state index is 12.1. The van der Waals surface area contributed by atoms with Crippen LogP contribution in [0.15, 0.2) is 10.4 Å². The molecule has 25 heavy (non-hydrogen) atoms. The SMILES string of the molecule is CCN(CCNC(=NC)N(C)Cc1csc(C)n1)C(=O)OC(C)(C)C.